The van der Waals surface area contributed by atoms with Crippen molar-refractivity contribution in [3.8, 4) is 0 Å². The molecule has 32 heavy (non-hydrogen) atoms. The Kier molecular flexibility index (Phi) is 10.9. The summed E-state index contributed by atoms with van der Waals surface area (Å²) in [6, 6.07) is -0.145. The van der Waals surface area contributed by atoms with E-state index in [1.54, 1.807) is 11.0 Å². The first-order chi connectivity index (χ1) is 15.4. The number of nitrogens with one attached hydrogen (secondary N) is 1. The first-order valence-corrected chi connectivity index (χ1v) is 12.0. The molecule has 2 aliphatic rings. The van der Waals surface area contributed by atoms with Crippen LogP contribution in [0.1, 0.15) is 77.0 Å². The van der Waals surface area contributed by atoms with Crippen molar-refractivity contribution in [3.63, 3.8) is 0 Å². The molecule has 0 aromatic heterocycles. The van der Waals surface area contributed by atoms with E-state index in [9.17, 15) is 19.5 Å². The number of aliphatic hydroxyl groups is 1. The second-order valence-electron chi connectivity index (χ2n) is 9.16. The highest BCUT2D eigenvalue weighted by Gasteiger charge is 2.37. The molecule has 0 radical (unpaired) electrons. The summed E-state index contributed by atoms with van der Waals surface area (Å²) in [5.41, 5.74) is -0.547. The van der Waals surface area contributed by atoms with E-state index in [1.165, 1.54) is 0 Å². The molecule has 0 aromatic carbocycles. The highest BCUT2D eigenvalue weighted by Crippen LogP contribution is 2.30. The second-order valence-corrected chi connectivity index (χ2v) is 9.16. The van der Waals surface area contributed by atoms with E-state index in [2.05, 4.69) is 18.5 Å². The molecule has 7 heteroatoms. The van der Waals surface area contributed by atoms with E-state index < -0.39 is 11.5 Å². The van der Waals surface area contributed by atoms with E-state index in [0.29, 0.717) is 19.4 Å². The summed E-state index contributed by atoms with van der Waals surface area (Å²) in [6.45, 7) is 8.16. The molecule has 2 amide bonds. The maximum atomic E-state index is 13.3. The second kappa shape index (κ2) is 13.4. The van der Waals surface area contributed by atoms with Crippen molar-refractivity contribution < 1.29 is 24.2 Å². The van der Waals surface area contributed by atoms with Crippen molar-refractivity contribution in [1.82, 2.24) is 10.2 Å². The molecular formula is C25H40N2O5. The van der Waals surface area contributed by atoms with Crippen LogP contribution in [0.2, 0.25) is 0 Å². The number of rotatable bonds is 14. The van der Waals surface area contributed by atoms with Crippen LogP contribution in [0.15, 0.2) is 25.3 Å². The maximum absolute atomic E-state index is 13.3. The highest BCUT2D eigenvalue weighted by molar-refractivity contribution is 5.86. The number of unbranched alkanes of at least 4 members (excludes halogenated alkanes) is 2. The smallest absolute Gasteiger partial charge is 0.305 e. The molecule has 7 nitrogen and oxygen atoms in total. The molecule has 2 unspecified atom stereocenters. The molecule has 2 N–H and O–H groups in total. The Hall–Kier alpha value is -2.15. The number of aliphatic hydroxyl groups excluding tert-OH is 1. The van der Waals surface area contributed by atoms with E-state index in [4.69, 9.17) is 4.74 Å². The number of esters is 1. The largest absolute Gasteiger partial charge is 0.463 e. The fourth-order valence-electron chi connectivity index (χ4n) is 4.77. The molecule has 2 atom stereocenters. The predicted molar refractivity (Wildman–Crippen MR) is 124 cm³/mol. The van der Waals surface area contributed by atoms with Crippen molar-refractivity contribution in [1.29, 1.82) is 0 Å². The summed E-state index contributed by atoms with van der Waals surface area (Å²) in [5, 5.41) is 12.7. The van der Waals surface area contributed by atoms with Gasteiger partial charge in [0.1, 0.15) is 6.61 Å². The van der Waals surface area contributed by atoms with Crippen molar-refractivity contribution in [3.05, 3.63) is 25.3 Å². The van der Waals surface area contributed by atoms with Gasteiger partial charge in [0.05, 0.1) is 24.1 Å². The van der Waals surface area contributed by atoms with Crippen molar-refractivity contribution >= 4 is 17.8 Å². The Morgan fingerprint density at radius 1 is 1.16 bits per heavy atom. The molecule has 1 aliphatic carbocycles. The van der Waals surface area contributed by atoms with Crippen molar-refractivity contribution in [2.75, 3.05) is 19.8 Å². The third-order valence-electron chi connectivity index (χ3n) is 6.64. The minimum Gasteiger partial charge on any atom is -0.463 e. The third-order valence-corrected chi connectivity index (χ3v) is 6.64. The number of amides is 2. The minimum atomic E-state index is -0.547. The molecular weight excluding hydrogens is 408 g/mol. The number of allylic oxidation sites excluding steroid dienone is 2. The SMILES string of the molecule is C=CCCCCC(=O)OCC1CCCN1C(=O)C(CC=C)CC(=O)NC1(CO)CCCC1. The monoisotopic (exact) mass is 448 g/mol. The Morgan fingerprint density at radius 3 is 2.56 bits per heavy atom. The summed E-state index contributed by atoms with van der Waals surface area (Å²) >= 11 is 0. The Morgan fingerprint density at radius 2 is 1.91 bits per heavy atom. The van der Waals surface area contributed by atoms with Crippen LogP contribution in [-0.2, 0) is 19.1 Å². The zero-order valence-corrected chi connectivity index (χ0v) is 19.4. The number of carbonyl (C=O) groups excluding carboxylic acids is 3. The lowest BCUT2D eigenvalue weighted by Gasteiger charge is -2.31. The van der Waals surface area contributed by atoms with Crippen LogP contribution in [0.5, 0.6) is 0 Å². The van der Waals surface area contributed by atoms with Gasteiger partial charge in [-0.25, -0.2) is 0 Å². The topological polar surface area (TPSA) is 95.9 Å². The summed E-state index contributed by atoms with van der Waals surface area (Å²) in [5.74, 6) is -1.03. The molecule has 2 rings (SSSR count). The molecule has 1 aliphatic heterocycles. The standard InChI is InChI=1S/C25H40N2O5/c1-3-5-6-7-13-23(30)32-18-21-12-10-16-27(21)24(31)20(11-4-2)17-22(29)26-25(19-28)14-8-9-15-25/h3-4,20-21,28H,1-2,5-19H2,(H,26,29). The number of hydrogen-bond acceptors (Lipinski definition) is 5. The first kappa shape index (κ1) is 26.1. The maximum Gasteiger partial charge on any atom is 0.305 e. The third kappa shape index (κ3) is 7.76. The molecule has 1 saturated heterocycles. The highest BCUT2D eigenvalue weighted by atomic mass is 16.5. The van der Waals surface area contributed by atoms with Gasteiger partial charge in [0.2, 0.25) is 11.8 Å². The van der Waals surface area contributed by atoms with Crippen LogP contribution >= 0.6 is 0 Å². The molecule has 180 valence electrons. The minimum absolute atomic E-state index is 0.0684. The normalized spacial score (nSPS) is 20.5. The van der Waals surface area contributed by atoms with E-state index in [1.807, 2.05) is 6.08 Å². The van der Waals surface area contributed by atoms with Gasteiger partial charge in [0.15, 0.2) is 0 Å². The lowest BCUT2D eigenvalue weighted by atomic mass is 9.95. The fourth-order valence-corrected chi connectivity index (χ4v) is 4.77. The molecule has 2 fully saturated rings. The number of likely N-dealkylation sites (tertiary alicyclic amines) is 1. The number of ether oxygens (including phenoxy) is 1. The predicted octanol–water partition coefficient (Wildman–Crippen LogP) is 3.27. The van der Waals surface area contributed by atoms with Gasteiger partial charge in [0.25, 0.3) is 0 Å². The van der Waals surface area contributed by atoms with Gasteiger partial charge in [-0.15, -0.1) is 13.2 Å². The average molecular weight is 449 g/mol. The van der Waals surface area contributed by atoms with Crippen LogP contribution in [-0.4, -0.2) is 59.1 Å². The molecule has 1 saturated carbocycles. The average Bonchev–Trinajstić information content (AvgIpc) is 3.44. The molecule has 0 spiro atoms. The van der Waals surface area contributed by atoms with E-state index >= 15 is 0 Å². The Bertz CT molecular complexity index is 657. The molecule has 0 bridgehead atoms. The zero-order chi connectivity index (χ0) is 23.4. The van der Waals surface area contributed by atoms with Crippen molar-refractivity contribution in [2.45, 2.75) is 88.6 Å². The lowest BCUT2D eigenvalue weighted by Crippen LogP contribution is -2.50. The van der Waals surface area contributed by atoms with Crippen LogP contribution in [0.3, 0.4) is 0 Å². The summed E-state index contributed by atoms with van der Waals surface area (Å²) < 4.78 is 5.44. The van der Waals surface area contributed by atoms with E-state index in [-0.39, 0.29) is 43.5 Å². The number of carbonyl (C=O) groups is 3. The molecule has 0 aromatic rings. The van der Waals surface area contributed by atoms with Crippen LogP contribution in [0.4, 0.5) is 0 Å². The Labute approximate surface area is 192 Å². The van der Waals surface area contributed by atoms with Gasteiger partial charge >= 0.3 is 5.97 Å². The molecule has 1 heterocycles. The summed E-state index contributed by atoms with van der Waals surface area (Å²) in [4.78, 5) is 39.7. The van der Waals surface area contributed by atoms with Crippen LogP contribution < -0.4 is 5.32 Å². The summed E-state index contributed by atoms with van der Waals surface area (Å²) in [7, 11) is 0. The van der Waals surface area contributed by atoms with Gasteiger partial charge in [0, 0.05) is 19.4 Å². The number of hydrogen-bond donors (Lipinski definition) is 2. The van der Waals surface area contributed by atoms with Crippen molar-refractivity contribution in [2.24, 2.45) is 5.92 Å². The van der Waals surface area contributed by atoms with Gasteiger partial charge < -0.3 is 20.1 Å². The Balaban J connectivity index is 1.88. The van der Waals surface area contributed by atoms with E-state index in [0.717, 1.165) is 57.8 Å². The fraction of sp³-hybridized carbons (Fsp3) is 0.720. The van der Waals surface area contributed by atoms with Gasteiger partial charge in [-0.2, -0.15) is 0 Å². The lowest BCUT2D eigenvalue weighted by molar-refractivity contribution is -0.148. The number of nitrogens with zero attached hydrogens (tertiary/aromatic N) is 1. The zero-order valence-electron chi connectivity index (χ0n) is 19.4. The van der Waals surface area contributed by atoms with Gasteiger partial charge in [-0.1, -0.05) is 25.0 Å². The van der Waals surface area contributed by atoms with Crippen LogP contribution in [0.25, 0.3) is 0 Å². The van der Waals surface area contributed by atoms with Gasteiger partial charge in [-0.05, 0) is 51.4 Å². The quantitative estimate of drug-likeness (QED) is 0.242. The summed E-state index contributed by atoms with van der Waals surface area (Å²) in [6.07, 6.45) is 12.1. The first-order valence-electron chi connectivity index (χ1n) is 12.0. The van der Waals surface area contributed by atoms with Crippen LogP contribution in [0, 0.1) is 5.92 Å². The van der Waals surface area contributed by atoms with Gasteiger partial charge in [-0.3, -0.25) is 14.4 Å².